The number of anilines is 1. The number of nitrogens with zero attached hydrogens (tertiary/aromatic N) is 4. The normalized spacial score (nSPS) is 23.7. The van der Waals surface area contributed by atoms with E-state index in [0.29, 0.717) is 31.0 Å². The summed E-state index contributed by atoms with van der Waals surface area (Å²) in [6.07, 6.45) is 1.28. The second-order valence-electron chi connectivity index (χ2n) is 9.03. The number of carbonyl (C=O) groups is 2. The van der Waals surface area contributed by atoms with Crippen molar-refractivity contribution in [2.45, 2.75) is 63.8 Å². The molecule has 3 heterocycles. The van der Waals surface area contributed by atoms with Gasteiger partial charge in [0.15, 0.2) is 5.58 Å². The Morgan fingerprint density at radius 3 is 2.77 bits per heavy atom. The van der Waals surface area contributed by atoms with E-state index in [1.165, 1.54) is 4.90 Å². The van der Waals surface area contributed by atoms with Crippen LogP contribution in [0, 0.1) is 11.3 Å². The highest BCUT2D eigenvalue weighted by atomic mass is 16.6. The van der Waals surface area contributed by atoms with E-state index in [-0.39, 0.29) is 18.5 Å². The van der Waals surface area contributed by atoms with Gasteiger partial charge >= 0.3 is 6.09 Å². The summed E-state index contributed by atoms with van der Waals surface area (Å²) < 4.78 is 11.3. The molecule has 0 spiro atoms. The first kappa shape index (κ1) is 21.0. The molecule has 1 N–H and O–H groups in total. The van der Waals surface area contributed by atoms with Gasteiger partial charge < -0.3 is 19.4 Å². The first-order valence-corrected chi connectivity index (χ1v) is 10.6. The Morgan fingerprint density at radius 2 is 2.06 bits per heavy atom. The Morgan fingerprint density at radius 1 is 1.29 bits per heavy atom. The summed E-state index contributed by atoms with van der Waals surface area (Å²) in [6.45, 7) is 6.17. The summed E-state index contributed by atoms with van der Waals surface area (Å²) in [4.78, 5) is 33.6. The molecule has 0 bridgehead atoms. The highest BCUT2D eigenvalue weighted by Gasteiger charge is 2.45. The van der Waals surface area contributed by atoms with Crippen LogP contribution in [-0.4, -0.2) is 63.6 Å². The Kier molecular flexibility index (Phi) is 5.48. The van der Waals surface area contributed by atoms with Crippen molar-refractivity contribution in [3.05, 3.63) is 24.3 Å². The van der Waals surface area contributed by atoms with E-state index in [9.17, 15) is 14.9 Å². The van der Waals surface area contributed by atoms with Gasteiger partial charge in [0.25, 0.3) is 6.01 Å². The van der Waals surface area contributed by atoms with Gasteiger partial charge in [-0.1, -0.05) is 12.1 Å². The third kappa shape index (κ3) is 4.43. The summed E-state index contributed by atoms with van der Waals surface area (Å²) in [7, 11) is 0. The van der Waals surface area contributed by atoms with Gasteiger partial charge in [0, 0.05) is 13.1 Å². The summed E-state index contributed by atoms with van der Waals surface area (Å²) in [5.74, 6) is -0.211. The van der Waals surface area contributed by atoms with Crippen molar-refractivity contribution in [2.75, 3.05) is 18.4 Å². The predicted octanol–water partition coefficient (Wildman–Crippen LogP) is 3.13. The van der Waals surface area contributed by atoms with Crippen molar-refractivity contribution in [3.63, 3.8) is 0 Å². The summed E-state index contributed by atoms with van der Waals surface area (Å²) in [5.41, 5.74) is 0.710. The summed E-state index contributed by atoms with van der Waals surface area (Å²) >= 11 is 0. The lowest BCUT2D eigenvalue weighted by Crippen LogP contribution is -2.50. The molecule has 2 amide bonds. The maximum Gasteiger partial charge on any atom is 0.411 e. The minimum atomic E-state index is -0.703. The zero-order valence-electron chi connectivity index (χ0n) is 18.0. The number of likely N-dealkylation sites (tertiary alicyclic amines) is 2. The lowest BCUT2D eigenvalue weighted by Gasteiger charge is -2.30. The van der Waals surface area contributed by atoms with Crippen LogP contribution in [-0.2, 0) is 9.53 Å². The number of benzene rings is 1. The monoisotopic (exact) mass is 425 g/mol. The summed E-state index contributed by atoms with van der Waals surface area (Å²) in [5, 5.41) is 12.6. The lowest BCUT2D eigenvalue weighted by molar-refractivity contribution is -0.135. The molecular weight excluding hydrogens is 398 g/mol. The van der Waals surface area contributed by atoms with Gasteiger partial charge in [-0.05, 0) is 52.2 Å². The van der Waals surface area contributed by atoms with Gasteiger partial charge in [-0.25, -0.2) is 4.79 Å². The van der Waals surface area contributed by atoms with E-state index in [2.05, 4.69) is 16.4 Å². The van der Waals surface area contributed by atoms with Crippen LogP contribution < -0.4 is 5.32 Å². The Hall–Kier alpha value is -3.28. The molecule has 1 aromatic heterocycles. The average Bonchev–Trinajstić information content (AvgIpc) is 3.43. The largest absolute Gasteiger partial charge is 0.444 e. The minimum Gasteiger partial charge on any atom is -0.444 e. The topological polar surface area (TPSA) is 112 Å². The van der Waals surface area contributed by atoms with Gasteiger partial charge in [0.2, 0.25) is 5.91 Å². The number of para-hydroxylation sites is 2. The fourth-order valence-electron chi connectivity index (χ4n) is 4.16. The Bertz CT molecular complexity index is 988. The Labute approximate surface area is 180 Å². The number of amides is 2. The zero-order chi connectivity index (χ0) is 22.2. The quantitative estimate of drug-likeness (QED) is 0.804. The molecular formula is C22H27N5O4. The molecule has 164 valence electrons. The molecule has 31 heavy (non-hydrogen) atoms. The average molecular weight is 425 g/mol. The standard InChI is InChI=1S/C22H27N5O4/c1-22(2,3)31-21(29)27-13-14(24-20-25-16-8-4-5-9-18(16)30-20)11-17(27)19(28)26-10-6-7-15(26)12-23/h4-5,8-9,14-15,17H,6-7,10-11,13H2,1-3H3,(H,24,25)/t14-,15+,17+/m1/s1. The SMILES string of the molecule is CC(C)(C)OC(=O)N1C[C@H](Nc2nc3ccccc3o2)C[C@H]1C(=O)N1CCC[C@H]1C#N. The number of oxazole rings is 1. The fraction of sp³-hybridized carbons (Fsp3) is 0.545. The maximum absolute atomic E-state index is 13.3. The van der Waals surface area contributed by atoms with Crippen LogP contribution in [0.25, 0.3) is 11.1 Å². The van der Waals surface area contributed by atoms with Gasteiger partial charge in [0.1, 0.15) is 23.2 Å². The van der Waals surface area contributed by atoms with Crippen LogP contribution in [0.2, 0.25) is 0 Å². The fourth-order valence-corrected chi connectivity index (χ4v) is 4.16. The molecule has 0 saturated carbocycles. The van der Waals surface area contributed by atoms with Crippen LogP contribution in [0.4, 0.5) is 10.8 Å². The number of rotatable bonds is 3. The molecule has 1 aromatic carbocycles. The van der Waals surface area contributed by atoms with Crippen LogP contribution in [0.1, 0.15) is 40.0 Å². The molecule has 2 aliphatic heterocycles. The second kappa shape index (κ2) is 8.10. The van der Waals surface area contributed by atoms with E-state index >= 15 is 0 Å². The number of carbonyl (C=O) groups excluding carboxylic acids is 2. The highest BCUT2D eigenvalue weighted by Crippen LogP contribution is 2.29. The molecule has 0 unspecified atom stereocenters. The lowest BCUT2D eigenvalue weighted by atomic mass is 10.1. The van der Waals surface area contributed by atoms with Crippen molar-refractivity contribution in [1.82, 2.24) is 14.8 Å². The Balaban J connectivity index is 1.54. The maximum atomic E-state index is 13.3. The van der Waals surface area contributed by atoms with E-state index in [1.807, 2.05) is 24.3 Å². The minimum absolute atomic E-state index is 0.211. The van der Waals surface area contributed by atoms with Crippen molar-refractivity contribution >= 4 is 29.1 Å². The molecule has 2 fully saturated rings. The van der Waals surface area contributed by atoms with E-state index in [1.54, 1.807) is 25.7 Å². The smallest absolute Gasteiger partial charge is 0.411 e. The van der Waals surface area contributed by atoms with Crippen LogP contribution >= 0.6 is 0 Å². The number of hydrogen-bond acceptors (Lipinski definition) is 7. The van der Waals surface area contributed by atoms with Gasteiger partial charge in [0.05, 0.1) is 12.1 Å². The first-order valence-electron chi connectivity index (χ1n) is 10.6. The molecule has 2 aromatic rings. The summed E-state index contributed by atoms with van der Waals surface area (Å²) in [6, 6.07) is 8.59. The van der Waals surface area contributed by atoms with Crippen LogP contribution in [0.5, 0.6) is 0 Å². The zero-order valence-corrected chi connectivity index (χ0v) is 18.0. The van der Waals surface area contributed by atoms with Gasteiger partial charge in [-0.2, -0.15) is 10.2 Å². The van der Waals surface area contributed by atoms with Crippen molar-refractivity contribution < 1.29 is 18.7 Å². The highest BCUT2D eigenvalue weighted by molar-refractivity contribution is 5.87. The molecule has 0 aliphatic carbocycles. The van der Waals surface area contributed by atoms with Crippen LogP contribution in [0.3, 0.4) is 0 Å². The van der Waals surface area contributed by atoms with E-state index in [4.69, 9.17) is 9.15 Å². The first-order chi connectivity index (χ1) is 14.7. The number of hydrogen-bond donors (Lipinski definition) is 1. The van der Waals surface area contributed by atoms with Gasteiger partial charge in [-0.3, -0.25) is 9.69 Å². The number of nitrogens with one attached hydrogen (secondary N) is 1. The van der Waals surface area contributed by atoms with Crippen LogP contribution in [0.15, 0.2) is 28.7 Å². The van der Waals surface area contributed by atoms with E-state index in [0.717, 1.165) is 11.9 Å². The van der Waals surface area contributed by atoms with Gasteiger partial charge in [-0.15, -0.1) is 0 Å². The molecule has 9 heteroatoms. The number of fused-ring (bicyclic) bond motifs is 1. The molecule has 4 rings (SSSR count). The number of ether oxygens (including phenoxy) is 1. The van der Waals surface area contributed by atoms with Crippen molar-refractivity contribution in [1.29, 1.82) is 5.26 Å². The number of aromatic nitrogens is 1. The van der Waals surface area contributed by atoms with Crippen molar-refractivity contribution in [2.24, 2.45) is 0 Å². The third-order valence-corrected chi connectivity index (χ3v) is 5.52. The molecule has 3 atom stereocenters. The van der Waals surface area contributed by atoms with E-state index < -0.39 is 23.8 Å². The third-order valence-electron chi connectivity index (χ3n) is 5.52. The molecule has 0 radical (unpaired) electrons. The molecule has 9 nitrogen and oxygen atoms in total. The van der Waals surface area contributed by atoms with Crippen molar-refractivity contribution in [3.8, 4) is 6.07 Å². The predicted molar refractivity (Wildman–Crippen MR) is 113 cm³/mol. The second-order valence-corrected chi connectivity index (χ2v) is 9.03. The molecule has 2 aliphatic rings. The molecule has 2 saturated heterocycles. The number of nitriles is 1.